The minimum Gasteiger partial charge on any atom is -0.508 e. The molecule has 0 aliphatic heterocycles. The Morgan fingerprint density at radius 2 is 1.87 bits per heavy atom. The van der Waals surface area contributed by atoms with E-state index in [1.54, 1.807) is 18.2 Å². The molecule has 0 heterocycles. The molecule has 2 rings (SSSR count). The van der Waals surface area contributed by atoms with Gasteiger partial charge < -0.3 is 19.0 Å². The fourth-order valence-electron chi connectivity index (χ4n) is 2.21. The van der Waals surface area contributed by atoms with Crippen molar-refractivity contribution >= 4 is 14.3 Å². The van der Waals surface area contributed by atoms with Crippen LogP contribution in [0, 0.1) is 0 Å². The highest BCUT2D eigenvalue weighted by molar-refractivity contribution is 6.69. The molecule has 1 N–H and O–H groups in total. The number of ether oxygens (including phenoxy) is 2. The van der Waals surface area contributed by atoms with Crippen molar-refractivity contribution in [3.63, 3.8) is 0 Å². The van der Waals surface area contributed by atoms with Crippen molar-refractivity contribution in [2.75, 3.05) is 7.11 Å². The quantitative estimate of drug-likeness (QED) is 0.659. The number of hydrogen-bond acceptors (Lipinski definition) is 5. The molecule has 0 aromatic heterocycles. The lowest BCUT2D eigenvalue weighted by molar-refractivity contribution is -0.137. The average molecular weight is 334 g/mol. The Balaban J connectivity index is 2.36. The number of hydrogen-bond donors (Lipinski definition) is 1. The summed E-state index contributed by atoms with van der Waals surface area (Å²) in [7, 11) is -0.683. The minimum absolute atomic E-state index is 0.0600. The molecule has 23 heavy (non-hydrogen) atoms. The Labute approximate surface area is 137 Å². The van der Waals surface area contributed by atoms with Crippen LogP contribution in [-0.2, 0) is 14.0 Å². The summed E-state index contributed by atoms with van der Waals surface area (Å²) < 4.78 is 16.8. The molecule has 0 amide bonds. The first-order valence-electron chi connectivity index (χ1n) is 7.43. The van der Waals surface area contributed by atoms with Gasteiger partial charge in [-0.25, -0.2) is 4.79 Å². The zero-order valence-corrected chi connectivity index (χ0v) is 14.8. The van der Waals surface area contributed by atoms with E-state index in [1.807, 2.05) is 37.8 Å². The maximum Gasteiger partial charge on any atom is 0.336 e. The van der Waals surface area contributed by atoms with Crippen molar-refractivity contribution in [2.45, 2.75) is 32.2 Å². The van der Waals surface area contributed by atoms with E-state index in [9.17, 15) is 9.90 Å². The van der Waals surface area contributed by atoms with E-state index in [2.05, 4.69) is 0 Å². The predicted molar refractivity (Wildman–Crippen MR) is 89.7 cm³/mol. The molecule has 0 fully saturated rings. The summed E-state index contributed by atoms with van der Waals surface area (Å²) in [4.78, 5) is 12.1. The third kappa shape index (κ3) is 4.46. The van der Waals surface area contributed by atoms with Gasteiger partial charge in [0.2, 0.25) is 0 Å². The number of aliphatic hydroxyl groups excluding tert-OH is 1. The molecule has 1 atom stereocenters. The first kappa shape index (κ1) is 17.3. The Morgan fingerprint density at radius 3 is 2.43 bits per heavy atom. The topological polar surface area (TPSA) is 65.0 Å². The Bertz CT molecular complexity index is 628. The molecule has 0 saturated heterocycles. The van der Waals surface area contributed by atoms with E-state index >= 15 is 0 Å². The van der Waals surface area contributed by atoms with Crippen LogP contribution in [0.2, 0.25) is 19.6 Å². The van der Waals surface area contributed by atoms with Crippen LogP contribution in [0.3, 0.4) is 0 Å². The summed E-state index contributed by atoms with van der Waals surface area (Å²) in [6.45, 7) is 6.02. The highest BCUT2D eigenvalue weighted by atomic mass is 28.4. The maximum atomic E-state index is 12.1. The van der Waals surface area contributed by atoms with Gasteiger partial charge >= 0.3 is 5.97 Å². The maximum absolute atomic E-state index is 12.1. The Morgan fingerprint density at radius 1 is 1.22 bits per heavy atom. The summed E-state index contributed by atoms with van der Waals surface area (Å²) in [5.74, 6) is 0.408. The number of aliphatic hydroxyl groups is 1. The lowest BCUT2D eigenvalue weighted by Gasteiger charge is -2.31. The molecule has 0 saturated carbocycles. The number of allylic oxidation sites excluding steroid dienone is 1. The highest BCUT2D eigenvalue weighted by Gasteiger charge is 2.36. The average Bonchev–Trinajstić information content (AvgIpc) is 2.50. The van der Waals surface area contributed by atoms with Crippen LogP contribution in [0.4, 0.5) is 0 Å². The molecular formula is C17H22O5Si. The SMILES string of the molecule is COC(=O)C1=CCC(O)=C(Oc2ccccc2)C1O[Si](C)(C)C. The first-order chi connectivity index (χ1) is 10.8. The van der Waals surface area contributed by atoms with Crippen LogP contribution in [0.15, 0.2) is 53.5 Å². The number of carbonyl (C=O) groups is 1. The van der Waals surface area contributed by atoms with Gasteiger partial charge in [0.1, 0.15) is 17.6 Å². The Hall–Kier alpha value is -2.05. The monoisotopic (exact) mass is 334 g/mol. The van der Waals surface area contributed by atoms with Gasteiger partial charge in [0, 0.05) is 6.42 Å². The number of benzene rings is 1. The molecule has 0 bridgehead atoms. The van der Waals surface area contributed by atoms with E-state index in [0.717, 1.165) is 0 Å². The summed E-state index contributed by atoms with van der Waals surface area (Å²) in [6.07, 6.45) is 1.07. The van der Waals surface area contributed by atoms with Crippen LogP contribution >= 0.6 is 0 Å². The van der Waals surface area contributed by atoms with Crippen LogP contribution < -0.4 is 4.74 Å². The van der Waals surface area contributed by atoms with E-state index < -0.39 is 20.4 Å². The zero-order valence-electron chi connectivity index (χ0n) is 13.8. The molecule has 1 aromatic rings. The lowest BCUT2D eigenvalue weighted by Crippen LogP contribution is -2.39. The van der Waals surface area contributed by atoms with Gasteiger partial charge in [0.15, 0.2) is 14.1 Å². The molecule has 1 aliphatic carbocycles. The Kier molecular flexibility index (Phi) is 5.28. The standard InChI is InChI=1S/C17H22O5Si/c1-20-17(19)13-10-11-14(18)16(15(13)22-23(2,3)4)21-12-8-6-5-7-9-12/h5-10,15,18H,11H2,1-4H3. The molecular weight excluding hydrogens is 312 g/mol. The fraction of sp³-hybridized carbons (Fsp3) is 0.353. The van der Waals surface area contributed by atoms with Crippen LogP contribution in [0.25, 0.3) is 0 Å². The van der Waals surface area contributed by atoms with Gasteiger partial charge in [-0.15, -0.1) is 0 Å². The minimum atomic E-state index is -2.01. The molecule has 5 nitrogen and oxygen atoms in total. The largest absolute Gasteiger partial charge is 0.508 e. The number of para-hydroxylation sites is 1. The second kappa shape index (κ2) is 7.02. The number of methoxy groups -OCH3 is 1. The van der Waals surface area contributed by atoms with E-state index in [0.29, 0.717) is 11.3 Å². The molecule has 124 valence electrons. The number of esters is 1. The van der Waals surface area contributed by atoms with E-state index in [4.69, 9.17) is 13.9 Å². The summed E-state index contributed by atoms with van der Waals surface area (Å²) >= 11 is 0. The normalized spacial score (nSPS) is 18.4. The van der Waals surface area contributed by atoms with Crippen molar-refractivity contribution in [1.82, 2.24) is 0 Å². The van der Waals surface area contributed by atoms with Gasteiger partial charge in [-0.2, -0.15) is 0 Å². The first-order valence-corrected chi connectivity index (χ1v) is 10.8. The third-order valence-electron chi connectivity index (χ3n) is 3.18. The van der Waals surface area contributed by atoms with Gasteiger partial charge in [-0.1, -0.05) is 24.3 Å². The van der Waals surface area contributed by atoms with E-state index in [-0.39, 0.29) is 17.9 Å². The second-order valence-electron chi connectivity index (χ2n) is 6.19. The molecule has 1 aliphatic rings. The zero-order chi connectivity index (χ0) is 17.0. The van der Waals surface area contributed by atoms with Crippen molar-refractivity contribution in [1.29, 1.82) is 0 Å². The van der Waals surface area contributed by atoms with Gasteiger partial charge in [0.05, 0.1) is 12.7 Å². The van der Waals surface area contributed by atoms with Gasteiger partial charge in [-0.05, 0) is 31.8 Å². The smallest absolute Gasteiger partial charge is 0.336 e. The molecule has 1 aromatic carbocycles. The van der Waals surface area contributed by atoms with E-state index in [1.165, 1.54) is 7.11 Å². The van der Waals surface area contributed by atoms with Gasteiger partial charge in [0.25, 0.3) is 0 Å². The molecule has 0 radical (unpaired) electrons. The summed E-state index contributed by atoms with van der Waals surface area (Å²) in [5.41, 5.74) is 0.360. The van der Waals surface area contributed by atoms with Crippen molar-refractivity contribution in [3.8, 4) is 5.75 Å². The van der Waals surface area contributed by atoms with Crippen LogP contribution in [0.1, 0.15) is 6.42 Å². The summed E-state index contributed by atoms with van der Waals surface area (Å²) in [6, 6.07) is 9.10. The fourth-order valence-corrected chi connectivity index (χ4v) is 3.15. The van der Waals surface area contributed by atoms with Crippen molar-refractivity contribution < 1.29 is 23.8 Å². The third-order valence-corrected chi connectivity index (χ3v) is 4.13. The second-order valence-corrected chi connectivity index (χ2v) is 10.7. The molecule has 1 unspecified atom stereocenters. The lowest BCUT2D eigenvalue weighted by atomic mass is 10.00. The number of carbonyl (C=O) groups excluding carboxylic acids is 1. The molecule has 0 spiro atoms. The van der Waals surface area contributed by atoms with Gasteiger partial charge in [-0.3, -0.25) is 0 Å². The highest BCUT2D eigenvalue weighted by Crippen LogP contribution is 2.31. The van der Waals surface area contributed by atoms with Crippen LogP contribution in [0.5, 0.6) is 5.75 Å². The number of rotatable bonds is 5. The van der Waals surface area contributed by atoms with Crippen molar-refractivity contribution in [3.05, 3.63) is 53.5 Å². The van der Waals surface area contributed by atoms with Crippen molar-refractivity contribution in [2.24, 2.45) is 0 Å². The van der Waals surface area contributed by atoms with Crippen LogP contribution in [-0.4, -0.2) is 32.6 Å². The predicted octanol–water partition coefficient (Wildman–Crippen LogP) is 3.56. The molecule has 6 heteroatoms. The summed E-state index contributed by atoms with van der Waals surface area (Å²) in [5, 5.41) is 10.3.